The lowest BCUT2D eigenvalue weighted by Gasteiger charge is -2.03. The largest absolute Gasteiger partial charge is 0.475 e. The Morgan fingerprint density at radius 1 is 1.24 bits per heavy atom. The van der Waals surface area contributed by atoms with Gasteiger partial charge in [0.15, 0.2) is 5.88 Å². The topological polar surface area (TPSA) is 62.5 Å². The van der Waals surface area contributed by atoms with Crippen LogP contribution in [0.4, 0.5) is 11.6 Å². The van der Waals surface area contributed by atoms with Crippen molar-refractivity contribution in [1.82, 2.24) is 0 Å². The quantitative estimate of drug-likeness (QED) is 0.813. The molecule has 0 aliphatic carbocycles. The maximum atomic E-state index is 10.6. The number of furan rings is 1. The zero-order valence-electron chi connectivity index (χ0n) is 9.14. The zero-order chi connectivity index (χ0) is 12.3. The van der Waals surface area contributed by atoms with Gasteiger partial charge in [-0.15, -0.1) is 11.8 Å². The molecule has 0 spiro atoms. The van der Waals surface area contributed by atoms with Crippen LogP contribution in [0.1, 0.15) is 10.6 Å². The van der Waals surface area contributed by atoms with Crippen LogP contribution in [-0.2, 0) is 0 Å². The molecule has 2 N–H and O–H groups in total. The van der Waals surface area contributed by atoms with Crippen molar-refractivity contribution in [3.05, 3.63) is 42.2 Å². The first kappa shape index (κ1) is 11.6. The molecule has 1 aromatic carbocycles. The standard InChI is InChI=1S/C12H11NO3S/c1-17-9-4-2-8(3-5-9)13-11-7-6-10(16-11)12(14)15/h2-7,13H,1H3,(H,14,15). The van der Waals surface area contributed by atoms with Crippen molar-refractivity contribution in [2.45, 2.75) is 4.90 Å². The van der Waals surface area contributed by atoms with Crippen molar-refractivity contribution in [3.63, 3.8) is 0 Å². The van der Waals surface area contributed by atoms with Gasteiger partial charge >= 0.3 is 5.97 Å². The Balaban J connectivity index is 2.11. The van der Waals surface area contributed by atoms with Crippen LogP contribution in [0.2, 0.25) is 0 Å². The van der Waals surface area contributed by atoms with Crippen LogP contribution < -0.4 is 5.32 Å². The van der Waals surface area contributed by atoms with Crippen molar-refractivity contribution < 1.29 is 14.3 Å². The maximum absolute atomic E-state index is 10.6. The fraction of sp³-hybridized carbons (Fsp3) is 0.0833. The first-order chi connectivity index (χ1) is 8.19. The highest BCUT2D eigenvalue weighted by Crippen LogP contribution is 2.22. The van der Waals surface area contributed by atoms with Crippen LogP contribution in [-0.4, -0.2) is 17.3 Å². The van der Waals surface area contributed by atoms with E-state index >= 15 is 0 Å². The van der Waals surface area contributed by atoms with E-state index in [9.17, 15) is 4.79 Å². The number of nitrogens with one attached hydrogen (secondary N) is 1. The van der Waals surface area contributed by atoms with Gasteiger partial charge in [-0.3, -0.25) is 0 Å². The molecule has 88 valence electrons. The van der Waals surface area contributed by atoms with Gasteiger partial charge in [-0.1, -0.05) is 0 Å². The van der Waals surface area contributed by atoms with Gasteiger partial charge in [0.05, 0.1) is 0 Å². The summed E-state index contributed by atoms with van der Waals surface area (Å²) >= 11 is 1.66. The molecule has 0 radical (unpaired) electrons. The minimum absolute atomic E-state index is 0.0757. The number of thioether (sulfide) groups is 1. The van der Waals surface area contributed by atoms with E-state index in [1.165, 1.54) is 11.0 Å². The third-order valence-corrected chi connectivity index (χ3v) is 2.92. The Morgan fingerprint density at radius 2 is 1.94 bits per heavy atom. The number of rotatable bonds is 4. The van der Waals surface area contributed by atoms with Gasteiger partial charge in [-0.05, 0) is 36.6 Å². The van der Waals surface area contributed by atoms with Gasteiger partial charge in [0.2, 0.25) is 5.76 Å². The van der Waals surface area contributed by atoms with E-state index in [4.69, 9.17) is 9.52 Å². The lowest BCUT2D eigenvalue weighted by molar-refractivity contribution is 0.0663. The van der Waals surface area contributed by atoms with Crippen molar-refractivity contribution in [1.29, 1.82) is 0 Å². The molecule has 0 aliphatic heterocycles. The lowest BCUT2D eigenvalue weighted by Crippen LogP contribution is -1.92. The van der Waals surface area contributed by atoms with E-state index in [1.54, 1.807) is 17.8 Å². The number of anilines is 2. The molecule has 0 fully saturated rings. The van der Waals surface area contributed by atoms with E-state index < -0.39 is 5.97 Å². The lowest BCUT2D eigenvalue weighted by atomic mass is 10.3. The van der Waals surface area contributed by atoms with E-state index in [2.05, 4.69) is 5.32 Å². The van der Waals surface area contributed by atoms with Crippen LogP contribution in [0.25, 0.3) is 0 Å². The van der Waals surface area contributed by atoms with Gasteiger partial charge < -0.3 is 14.8 Å². The summed E-state index contributed by atoms with van der Waals surface area (Å²) in [6, 6.07) is 10.8. The Kier molecular flexibility index (Phi) is 3.39. The van der Waals surface area contributed by atoms with Crippen LogP contribution >= 0.6 is 11.8 Å². The first-order valence-electron chi connectivity index (χ1n) is 4.93. The maximum Gasteiger partial charge on any atom is 0.371 e. The predicted molar refractivity (Wildman–Crippen MR) is 67.2 cm³/mol. The van der Waals surface area contributed by atoms with Crippen molar-refractivity contribution in [2.75, 3.05) is 11.6 Å². The predicted octanol–water partition coefficient (Wildman–Crippen LogP) is 3.44. The molecule has 2 rings (SSSR count). The van der Waals surface area contributed by atoms with E-state index in [1.807, 2.05) is 30.5 Å². The summed E-state index contributed by atoms with van der Waals surface area (Å²) in [5.74, 6) is -0.733. The Labute approximate surface area is 103 Å². The molecule has 0 saturated heterocycles. The van der Waals surface area contributed by atoms with E-state index in [-0.39, 0.29) is 5.76 Å². The molecule has 1 heterocycles. The number of benzene rings is 1. The molecule has 0 saturated carbocycles. The third-order valence-electron chi connectivity index (χ3n) is 2.17. The molecule has 0 atom stereocenters. The van der Waals surface area contributed by atoms with Crippen LogP contribution in [0.3, 0.4) is 0 Å². The number of hydrogen-bond acceptors (Lipinski definition) is 4. The highest BCUT2D eigenvalue weighted by Gasteiger charge is 2.08. The molecule has 1 aromatic heterocycles. The van der Waals surface area contributed by atoms with Crippen molar-refractivity contribution in [3.8, 4) is 0 Å². The summed E-state index contributed by atoms with van der Waals surface area (Å²) < 4.78 is 5.09. The monoisotopic (exact) mass is 249 g/mol. The molecule has 0 aliphatic rings. The smallest absolute Gasteiger partial charge is 0.371 e. The fourth-order valence-electron chi connectivity index (χ4n) is 1.34. The van der Waals surface area contributed by atoms with Gasteiger partial charge in [-0.2, -0.15) is 0 Å². The third kappa shape index (κ3) is 2.82. The highest BCUT2D eigenvalue weighted by molar-refractivity contribution is 7.98. The number of hydrogen-bond donors (Lipinski definition) is 2. The minimum Gasteiger partial charge on any atom is -0.475 e. The van der Waals surface area contributed by atoms with E-state index in [0.29, 0.717) is 5.88 Å². The molecule has 5 heteroatoms. The number of carboxylic acid groups (broad SMARTS) is 1. The van der Waals surface area contributed by atoms with Gasteiger partial charge in [0.1, 0.15) is 0 Å². The van der Waals surface area contributed by atoms with Crippen LogP contribution in [0.5, 0.6) is 0 Å². The SMILES string of the molecule is CSc1ccc(Nc2ccc(C(=O)O)o2)cc1. The summed E-state index contributed by atoms with van der Waals surface area (Å²) in [4.78, 5) is 11.8. The summed E-state index contributed by atoms with van der Waals surface area (Å²) in [6.07, 6.45) is 2.01. The molecule has 0 bridgehead atoms. The molecule has 2 aromatic rings. The Morgan fingerprint density at radius 3 is 2.47 bits per heavy atom. The molecule has 0 amide bonds. The summed E-state index contributed by atoms with van der Waals surface area (Å²) in [6.45, 7) is 0. The Hall–Kier alpha value is -1.88. The van der Waals surface area contributed by atoms with Crippen molar-refractivity contribution >= 4 is 29.3 Å². The number of carboxylic acids is 1. The average Bonchev–Trinajstić information content (AvgIpc) is 2.79. The second kappa shape index (κ2) is 4.97. The molecule has 0 unspecified atom stereocenters. The molecular formula is C12H11NO3S. The summed E-state index contributed by atoms with van der Waals surface area (Å²) in [5.41, 5.74) is 0.856. The van der Waals surface area contributed by atoms with Gasteiger partial charge in [-0.25, -0.2) is 4.79 Å². The summed E-state index contributed by atoms with van der Waals surface area (Å²) in [5, 5.41) is 11.7. The normalized spacial score (nSPS) is 10.2. The van der Waals surface area contributed by atoms with Crippen LogP contribution in [0, 0.1) is 0 Å². The number of carbonyl (C=O) groups is 1. The zero-order valence-corrected chi connectivity index (χ0v) is 9.95. The second-order valence-corrected chi connectivity index (χ2v) is 4.20. The van der Waals surface area contributed by atoms with Gasteiger partial charge in [0.25, 0.3) is 0 Å². The molecule has 4 nitrogen and oxygen atoms in total. The van der Waals surface area contributed by atoms with Crippen LogP contribution in [0.15, 0.2) is 45.7 Å². The molecule has 17 heavy (non-hydrogen) atoms. The van der Waals surface area contributed by atoms with E-state index in [0.717, 1.165) is 5.69 Å². The van der Waals surface area contributed by atoms with Crippen molar-refractivity contribution in [2.24, 2.45) is 0 Å². The summed E-state index contributed by atoms with van der Waals surface area (Å²) in [7, 11) is 0. The highest BCUT2D eigenvalue weighted by atomic mass is 32.2. The first-order valence-corrected chi connectivity index (χ1v) is 6.16. The molecular weight excluding hydrogens is 238 g/mol. The van der Waals surface area contributed by atoms with Gasteiger partial charge in [0, 0.05) is 16.6 Å². The second-order valence-electron chi connectivity index (χ2n) is 3.32. The Bertz CT molecular complexity index is 519. The minimum atomic E-state index is -1.07. The fourth-order valence-corrected chi connectivity index (χ4v) is 1.74. The average molecular weight is 249 g/mol. The number of aromatic carboxylic acids is 1.